The number of hydrogen-bond acceptors (Lipinski definition) is 4. The van der Waals surface area contributed by atoms with Gasteiger partial charge in [0.25, 0.3) is 5.91 Å². The Morgan fingerprint density at radius 2 is 2.04 bits per heavy atom. The van der Waals surface area contributed by atoms with Crippen molar-refractivity contribution in [3.05, 3.63) is 29.3 Å². The summed E-state index contributed by atoms with van der Waals surface area (Å²) in [6, 6.07) is 3.84. The quantitative estimate of drug-likeness (QED) is 0.794. The van der Waals surface area contributed by atoms with Crippen molar-refractivity contribution in [1.29, 1.82) is 0 Å². The number of benzene rings is 1. The Balaban J connectivity index is 2.27. The molecule has 2 unspecified atom stereocenters. The van der Waals surface area contributed by atoms with Crippen molar-refractivity contribution in [3.8, 4) is 0 Å². The van der Waals surface area contributed by atoms with Crippen LogP contribution in [0.3, 0.4) is 0 Å². The molecule has 0 aliphatic carbocycles. The molecule has 1 aromatic rings. The number of carboxylic acid groups (broad SMARTS) is 1. The minimum absolute atomic E-state index is 0.195. The third-order valence-electron chi connectivity index (χ3n) is 4.58. The van der Waals surface area contributed by atoms with E-state index in [4.69, 9.17) is 0 Å². The molecule has 0 spiro atoms. The lowest BCUT2D eigenvalue weighted by atomic mass is 9.97. The summed E-state index contributed by atoms with van der Waals surface area (Å²) in [7, 11) is -3.36. The van der Waals surface area contributed by atoms with Gasteiger partial charge in [-0.15, -0.1) is 0 Å². The highest BCUT2D eigenvalue weighted by Crippen LogP contribution is 2.30. The van der Waals surface area contributed by atoms with Gasteiger partial charge in [0, 0.05) is 12.1 Å². The lowest BCUT2D eigenvalue weighted by Crippen LogP contribution is -2.45. The van der Waals surface area contributed by atoms with Crippen LogP contribution in [0.25, 0.3) is 0 Å². The standard InChI is InChI=1S/C17H24N2O5S/c1-4-11(2)15(17(21)22)18-16(20)13-7-8-14-12(10-13)6-5-9-19(14)25(3,23)24/h7-8,10-11,15H,4-6,9H2,1-3H3,(H,18,20)(H,21,22). The maximum absolute atomic E-state index is 12.4. The Labute approximate surface area is 148 Å². The Bertz CT molecular complexity index is 775. The molecule has 1 heterocycles. The maximum Gasteiger partial charge on any atom is 0.326 e. The van der Waals surface area contributed by atoms with Gasteiger partial charge in [-0.2, -0.15) is 0 Å². The SMILES string of the molecule is CCC(C)C(NC(=O)c1ccc2c(c1)CCCN2S(C)(=O)=O)C(=O)O. The van der Waals surface area contributed by atoms with Crippen LogP contribution in [0.4, 0.5) is 5.69 Å². The van der Waals surface area contributed by atoms with Crippen LogP contribution in [0.1, 0.15) is 42.6 Å². The van der Waals surface area contributed by atoms with Crippen molar-refractivity contribution in [3.63, 3.8) is 0 Å². The van der Waals surface area contributed by atoms with E-state index < -0.39 is 27.9 Å². The molecule has 1 amide bonds. The van der Waals surface area contributed by atoms with Gasteiger partial charge in [0.15, 0.2) is 0 Å². The molecule has 1 aliphatic rings. The molecule has 8 heteroatoms. The Kier molecular flexibility index (Phi) is 5.72. The first kappa shape index (κ1) is 19.2. The van der Waals surface area contributed by atoms with E-state index in [2.05, 4.69) is 5.32 Å². The number of nitrogens with zero attached hydrogens (tertiary/aromatic N) is 1. The lowest BCUT2D eigenvalue weighted by Gasteiger charge is -2.29. The summed E-state index contributed by atoms with van der Waals surface area (Å²) >= 11 is 0. The third kappa shape index (κ3) is 4.31. The molecule has 0 saturated carbocycles. The molecule has 2 atom stereocenters. The van der Waals surface area contributed by atoms with E-state index >= 15 is 0 Å². The highest BCUT2D eigenvalue weighted by Gasteiger charge is 2.28. The number of carbonyl (C=O) groups excluding carboxylic acids is 1. The molecule has 138 valence electrons. The van der Waals surface area contributed by atoms with Crippen molar-refractivity contribution in [2.45, 2.75) is 39.2 Å². The molecule has 2 rings (SSSR count). The number of aliphatic carboxylic acids is 1. The topological polar surface area (TPSA) is 104 Å². The van der Waals surface area contributed by atoms with Crippen LogP contribution in [0, 0.1) is 5.92 Å². The van der Waals surface area contributed by atoms with Crippen molar-refractivity contribution in [2.75, 3.05) is 17.1 Å². The number of anilines is 1. The molecule has 0 radical (unpaired) electrons. The number of fused-ring (bicyclic) bond motifs is 1. The second-order valence-electron chi connectivity index (χ2n) is 6.46. The predicted molar refractivity (Wildman–Crippen MR) is 95.3 cm³/mol. The monoisotopic (exact) mass is 368 g/mol. The van der Waals surface area contributed by atoms with Crippen LogP contribution in [-0.4, -0.2) is 44.2 Å². The van der Waals surface area contributed by atoms with Gasteiger partial charge in [-0.1, -0.05) is 20.3 Å². The minimum Gasteiger partial charge on any atom is -0.480 e. The number of hydrogen-bond donors (Lipinski definition) is 2. The predicted octanol–water partition coefficient (Wildman–Crippen LogP) is 1.63. The fourth-order valence-electron chi connectivity index (χ4n) is 2.96. The van der Waals surface area contributed by atoms with E-state index in [0.29, 0.717) is 37.1 Å². The van der Waals surface area contributed by atoms with E-state index in [-0.39, 0.29) is 5.92 Å². The van der Waals surface area contributed by atoms with Crippen molar-refractivity contribution < 1.29 is 23.1 Å². The first-order chi connectivity index (χ1) is 11.6. The highest BCUT2D eigenvalue weighted by molar-refractivity contribution is 7.92. The summed E-state index contributed by atoms with van der Waals surface area (Å²) in [4.78, 5) is 23.8. The van der Waals surface area contributed by atoms with Crippen LogP contribution in [-0.2, 0) is 21.2 Å². The van der Waals surface area contributed by atoms with Crippen molar-refractivity contribution in [2.24, 2.45) is 5.92 Å². The van der Waals surface area contributed by atoms with Crippen LogP contribution in [0.15, 0.2) is 18.2 Å². The summed E-state index contributed by atoms with van der Waals surface area (Å²) in [5, 5.41) is 11.9. The van der Waals surface area contributed by atoms with Gasteiger partial charge in [-0.25, -0.2) is 13.2 Å². The van der Waals surface area contributed by atoms with E-state index in [1.54, 1.807) is 19.1 Å². The van der Waals surface area contributed by atoms with Crippen molar-refractivity contribution in [1.82, 2.24) is 5.32 Å². The second kappa shape index (κ2) is 7.43. The summed E-state index contributed by atoms with van der Waals surface area (Å²) in [6.45, 7) is 4.06. The molecule has 2 N–H and O–H groups in total. The fraction of sp³-hybridized carbons (Fsp3) is 0.529. The zero-order valence-electron chi connectivity index (χ0n) is 14.7. The van der Waals surface area contributed by atoms with Gasteiger partial charge < -0.3 is 10.4 Å². The van der Waals surface area contributed by atoms with Gasteiger partial charge in [0.05, 0.1) is 11.9 Å². The zero-order valence-corrected chi connectivity index (χ0v) is 15.5. The molecule has 0 fully saturated rings. The Morgan fingerprint density at radius 1 is 1.36 bits per heavy atom. The molecular weight excluding hydrogens is 344 g/mol. The van der Waals surface area contributed by atoms with Crippen LogP contribution < -0.4 is 9.62 Å². The molecule has 1 aliphatic heterocycles. The largest absolute Gasteiger partial charge is 0.480 e. The number of sulfonamides is 1. The van der Waals surface area contributed by atoms with Crippen molar-refractivity contribution >= 4 is 27.6 Å². The minimum atomic E-state index is -3.36. The molecule has 1 aromatic carbocycles. The van der Waals surface area contributed by atoms with Gasteiger partial charge >= 0.3 is 5.97 Å². The molecule has 0 bridgehead atoms. The summed E-state index contributed by atoms with van der Waals surface area (Å²) in [5.41, 5.74) is 1.70. The fourth-order valence-corrected chi connectivity index (χ4v) is 3.95. The molecule has 0 saturated heterocycles. The number of aryl methyl sites for hydroxylation is 1. The van der Waals surface area contributed by atoms with Gasteiger partial charge in [-0.3, -0.25) is 9.10 Å². The van der Waals surface area contributed by atoms with Gasteiger partial charge in [0.2, 0.25) is 10.0 Å². The average molecular weight is 368 g/mol. The zero-order chi connectivity index (χ0) is 18.8. The maximum atomic E-state index is 12.4. The highest BCUT2D eigenvalue weighted by atomic mass is 32.2. The summed E-state index contributed by atoms with van der Waals surface area (Å²) in [5.74, 6) is -1.73. The molecular formula is C17H24N2O5S. The van der Waals surface area contributed by atoms with Crippen LogP contribution >= 0.6 is 0 Å². The number of rotatable bonds is 6. The van der Waals surface area contributed by atoms with E-state index in [0.717, 1.165) is 11.8 Å². The number of nitrogens with one attached hydrogen (secondary N) is 1. The Hall–Kier alpha value is -2.09. The van der Waals surface area contributed by atoms with Crippen LogP contribution in [0.5, 0.6) is 0 Å². The average Bonchev–Trinajstić information content (AvgIpc) is 2.56. The van der Waals surface area contributed by atoms with Crippen LogP contribution in [0.2, 0.25) is 0 Å². The number of amides is 1. The van der Waals surface area contributed by atoms with E-state index in [9.17, 15) is 23.1 Å². The van der Waals surface area contributed by atoms with E-state index in [1.807, 2.05) is 6.92 Å². The Morgan fingerprint density at radius 3 is 2.60 bits per heavy atom. The van der Waals surface area contributed by atoms with Gasteiger partial charge in [-0.05, 0) is 42.5 Å². The molecule has 0 aromatic heterocycles. The molecule has 7 nitrogen and oxygen atoms in total. The van der Waals surface area contributed by atoms with E-state index in [1.165, 1.54) is 10.4 Å². The number of carbonyl (C=O) groups is 2. The smallest absolute Gasteiger partial charge is 0.326 e. The first-order valence-corrected chi connectivity index (χ1v) is 10.1. The number of carboxylic acids is 1. The lowest BCUT2D eigenvalue weighted by molar-refractivity contribution is -0.140. The summed E-state index contributed by atoms with van der Waals surface area (Å²) in [6.07, 6.45) is 3.14. The van der Waals surface area contributed by atoms with Gasteiger partial charge in [0.1, 0.15) is 6.04 Å². The summed E-state index contributed by atoms with van der Waals surface area (Å²) < 4.78 is 25.1. The second-order valence-corrected chi connectivity index (χ2v) is 8.36. The first-order valence-electron chi connectivity index (χ1n) is 8.29. The molecule has 25 heavy (non-hydrogen) atoms. The normalized spacial score (nSPS) is 16.7. The third-order valence-corrected chi connectivity index (χ3v) is 5.76.